The fourth-order valence-electron chi connectivity index (χ4n) is 1.62. The fourth-order valence-corrected chi connectivity index (χ4v) is 1.80. The number of nitrogens with one attached hydrogen (secondary N) is 1. The molecule has 0 aromatic heterocycles. The topological polar surface area (TPSA) is 86.6 Å². The number of phenols is 1. The van der Waals surface area contributed by atoms with Crippen LogP contribution in [-0.2, 0) is 0 Å². The number of amides is 1. The lowest BCUT2D eigenvalue weighted by molar-refractivity contribution is 0.0691. The molecule has 2 aromatic carbocycles. The van der Waals surface area contributed by atoms with Gasteiger partial charge in [-0.1, -0.05) is 11.6 Å². The van der Waals surface area contributed by atoms with Gasteiger partial charge in [-0.25, -0.2) is 9.18 Å². The number of anilines is 1. The first-order valence-corrected chi connectivity index (χ1v) is 6.09. The standard InChI is InChI=1S/C14H9ClFNO4/c15-10-5-7(1-4-12(10)18)13(19)17-8-2-3-11(16)9(6-8)14(20)21/h1-6,18H,(H,17,19)(H,20,21). The van der Waals surface area contributed by atoms with Crippen molar-refractivity contribution in [2.24, 2.45) is 0 Å². The highest BCUT2D eigenvalue weighted by Crippen LogP contribution is 2.24. The van der Waals surface area contributed by atoms with E-state index in [0.29, 0.717) is 0 Å². The summed E-state index contributed by atoms with van der Waals surface area (Å²) in [6, 6.07) is 7.05. The van der Waals surface area contributed by atoms with Crippen LogP contribution >= 0.6 is 11.6 Å². The molecule has 7 heteroatoms. The van der Waals surface area contributed by atoms with Gasteiger partial charge in [-0.15, -0.1) is 0 Å². The van der Waals surface area contributed by atoms with E-state index in [-0.39, 0.29) is 22.0 Å². The lowest BCUT2D eigenvalue weighted by Crippen LogP contribution is -2.12. The lowest BCUT2D eigenvalue weighted by atomic mass is 10.1. The van der Waals surface area contributed by atoms with Crippen LogP contribution in [0.15, 0.2) is 36.4 Å². The second kappa shape index (κ2) is 5.80. The molecule has 0 heterocycles. The predicted molar refractivity (Wildman–Crippen MR) is 74.4 cm³/mol. The number of carbonyl (C=O) groups is 2. The monoisotopic (exact) mass is 309 g/mol. The zero-order valence-electron chi connectivity index (χ0n) is 10.4. The van der Waals surface area contributed by atoms with Crippen molar-refractivity contribution in [1.29, 1.82) is 0 Å². The molecular weight excluding hydrogens is 301 g/mol. The van der Waals surface area contributed by atoms with Gasteiger partial charge in [0.25, 0.3) is 5.91 Å². The molecule has 0 atom stereocenters. The van der Waals surface area contributed by atoms with Crippen molar-refractivity contribution in [2.45, 2.75) is 0 Å². The summed E-state index contributed by atoms with van der Waals surface area (Å²) in [6.07, 6.45) is 0. The molecular formula is C14H9ClFNO4. The van der Waals surface area contributed by atoms with Crippen LogP contribution in [0.1, 0.15) is 20.7 Å². The van der Waals surface area contributed by atoms with E-state index in [0.717, 1.165) is 12.1 Å². The number of halogens is 2. The molecule has 0 saturated heterocycles. The molecule has 0 bridgehead atoms. The Morgan fingerprint density at radius 3 is 2.48 bits per heavy atom. The Morgan fingerprint density at radius 2 is 1.86 bits per heavy atom. The molecule has 0 aliphatic heterocycles. The maximum atomic E-state index is 13.2. The number of phenolic OH excluding ortho intramolecular Hbond substituents is 1. The van der Waals surface area contributed by atoms with Crippen LogP contribution in [0, 0.1) is 5.82 Å². The summed E-state index contributed by atoms with van der Waals surface area (Å²) < 4.78 is 13.2. The van der Waals surface area contributed by atoms with Gasteiger partial charge in [-0.2, -0.15) is 0 Å². The van der Waals surface area contributed by atoms with Crippen LogP contribution in [0.3, 0.4) is 0 Å². The van der Waals surface area contributed by atoms with Crippen LogP contribution in [0.2, 0.25) is 5.02 Å². The molecule has 108 valence electrons. The van der Waals surface area contributed by atoms with Crippen molar-refractivity contribution < 1.29 is 24.2 Å². The molecule has 2 rings (SSSR count). The molecule has 0 fully saturated rings. The lowest BCUT2D eigenvalue weighted by Gasteiger charge is -2.07. The van der Waals surface area contributed by atoms with E-state index < -0.39 is 23.3 Å². The molecule has 5 nitrogen and oxygen atoms in total. The SMILES string of the molecule is O=C(Nc1ccc(F)c(C(=O)O)c1)c1ccc(O)c(Cl)c1. The van der Waals surface area contributed by atoms with Gasteiger partial charge in [0.1, 0.15) is 11.6 Å². The highest BCUT2D eigenvalue weighted by Gasteiger charge is 2.13. The first-order chi connectivity index (χ1) is 9.88. The maximum absolute atomic E-state index is 13.2. The van der Waals surface area contributed by atoms with Crippen LogP contribution in [0.5, 0.6) is 5.75 Å². The minimum atomic E-state index is -1.43. The van der Waals surface area contributed by atoms with Gasteiger partial charge in [-0.3, -0.25) is 4.79 Å². The number of hydrogen-bond donors (Lipinski definition) is 3. The zero-order valence-corrected chi connectivity index (χ0v) is 11.2. The quantitative estimate of drug-likeness (QED) is 0.813. The Labute approximate surface area is 123 Å². The molecule has 0 saturated carbocycles. The zero-order chi connectivity index (χ0) is 15.6. The summed E-state index contributed by atoms with van der Waals surface area (Å²) in [7, 11) is 0. The first-order valence-electron chi connectivity index (χ1n) is 5.71. The number of aromatic hydroxyl groups is 1. The van der Waals surface area contributed by atoms with E-state index in [1.54, 1.807) is 0 Å². The summed E-state index contributed by atoms with van der Waals surface area (Å²) in [4.78, 5) is 22.8. The second-order valence-electron chi connectivity index (χ2n) is 4.12. The average Bonchev–Trinajstić information content (AvgIpc) is 2.43. The molecule has 0 unspecified atom stereocenters. The van der Waals surface area contributed by atoms with E-state index in [4.69, 9.17) is 16.7 Å². The number of benzene rings is 2. The van der Waals surface area contributed by atoms with E-state index in [2.05, 4.69) is 5.32 Å². The van der Waals surface area contributed by atoms with Crippen molar-refractivity contribution in [3.63, 3.8) is 0 Å². The third kappa shape index (κ3) is 3.29. The summed E-state index contributed by atoms with van der Waals surface area (Å²) in [5.41, 5.74) is -0.251. The summed E-state index contributed by atoms with van der Waals surface area (Å²) in [5.74, 6) is -3.06. The minimum Gasteiger partial charge on any atom is -0.506 e. The predicted octanol–water partition coefficient (Wildman–Crippen LogP) is 3.14. The summed E-state index contributed by atoms with van der Waals surface area (Å²) in [6.45, 7) is 0. The molecule has 21 heavy (non-hydrogen) atoms. The van der Waals surface area contributed by atoms with Gasteiger partial charge in [0.2, 0.25) is 0 Å². The van der Waals surface area contributed by atoms with E-state index >= 15 is 0 Å². The van der Waals surface area contributed by atoms with Crippen molar-refractivity contribution >= 4 is 29.2 Å². The number of carbonyl (C=O) groups excluding carboxylic acids is 1. The van der Waals surface area contributed by atoms with Gasteiger partial charge >= 0.3 is 5.97 Å². The summed E-state index contributed by atoms with van der Waals surface area (Å²) >= 11 is 5.69. The molecule has 1 amide bonds. The van der Waals surface area contributed by atoms with Gasteiger partial charge in [0, 0.05) is 11.3 Å². The highest BCUT2D eigenvalue weighted by atomic mass is 35.5. The maximum Gasteiger partial charge on any atom is 0.338 e. The Balaban J connectivity index is 2.25. The van der Waals surface area contributed by atoms with Crippen LogP contribution < -0.4 is 5.32 Å². The molecule has 0 radical (unpaired) electrons. The summed E-state index contributed by atoms with van der Waals surface area (Å²) in [5, 5.41) is 20.5. The molecule has 2 aromatic rings. The Hall–Kier alpha value is -2.60. The van der Waals surface area contributed by atoms with Gasteiger partial charge < -0.3 is 15.5 Å². The fraction of sp³-hybridized carbons (Fsp3) is 0. The van der Waals surface area contributed by atoms with Crippen LogP contribution in [0.4, 0.5) is 10.1 Å². The third-order valence-electron chi connectivity index (χ3n) is 2.66. The number of aromatic carboxylic acids is 1. The van der Waals surface area contributed by atoms with Gasteiger partial charge in [0.05, 0.1) is 10.6 Å². The molecule has 0 spiro atoms. The Bertz CT molecular complexity index is 733. The Morgan fingerprint density at radius 1 is 1.14 bits per heavy atom. The number of rotatable bonds is 3. The van der Waals surface area contributed by atoms with Crippen LogP contribution in [-0.4, -0.2) is 22.1 Å². The van der Waals surface area contributed by atoms with Crippen LogP contribution in [0.25, 0.3) is 0 Å². The van der Waals surface area contributed by atoms with E-state index in [1.807, 2.05) is 0 Å². The van der Waals surface area contributed by atoms with Crippen molar-refractivity contribution in [3.05, 3.63) is 58.4 Å². The van der Waals surface area contributed by atoms with Gasteiger partial charge in [0.15, 0.2) is 0 Å². The molecule has 3 N–H and O–H groups in total. The number of carboxylic acid groups (broad SMARTS) is 1. The van der Waals surface area contributed by atoms with Crippen molar-refractivity contribution in [2.75, 3.05) is 5.32 Å². The second-order valence-corrected chi connectivity index (χ2v) is 4.53. The third-order valence-corrected chi connectivity index (χ3v) is 2.97. The normalized spacial score (nSPS) is 10.2. The van der Waals surface area contributed by atoms with E-state index in [9.17, 15) is 19.1 Å². The average molecular weight is 310 g/mol. The van der Waals surface area contributed by atoms with Crippen molar-refractivity contribution in [3.8, 4) is 5.75 Å². The Kier molecular flexibility index (Phi) is 4.09. The first kappa shape index (κ1) is 14.8. The molecule has 0 aliphatic carbocycles. The number of carboxylic acids is 1. The largest absolute Gasteiger partial charge is 0.506 e. The smallest absolute Gasteiger partial charge is 0.338 e. The molecule has 0 aliphatic rings. The van der Waals surface area contributed by atoms with Gasteiger partial charge in [-0.05, 0) is 36.4 Å². The van der Waals surface area contributed by atoms with E-state index in [1.165, 1.54) is 24.3 Å². The van der Waals surface area contributed by atoms with Crippen molar-refractivity contribution in [1.82, 2.24) is 0 Å². The highest BCUT2D eigenvalue weighted by molar-refractivity contribution is 6.32. The number of hydrogen-bond acceptors (Lipinski definition) is 3. The minimum absolute atomic E-state index is 0.00739.